The summed E-state index contributed by atoms with van der Waals surface area (Å²) in [5.41, 5.74) is 1.49. The third kappa shape index (κ3) is 4.47. The van der Waals surface area contributed by atoms with Crippen molar-refractivity contribution in [2.24, 2.45) is 0 Å². The first-order chi connectivity index (χ1) is 10.2. The topological polar surface area (TPSA) is 56.0 Å². The summed E-state index contributed by atoms with van der Waals surface area (Å²) in [5.74, 6) is 0. The minimum Gasteiger partial charge on any atom is -0.387 e. The van der Waals surface area contributed by atoms with Gasteiger partial charge in [0.2, 0.25) is 0 Å². The van der Waals surface area contributed by atoms with Crippen LogP contribution in [0.3, 0.4) is 0 Å². The molecule has 1 saturated carbocycles. The molecule has 1 fully saturated rings. The molecule has 0 amide bonds. The number of rotatable bonds is 6. The maximum atomic E-state index is 10.2. The zero-order valence-corrected chi connectivity index (χ0v) is 13.5. The second-order valence-corrected chi connectivity index (χ2v) is 7.10. The lowest BCUT2D eigenvalue weighted by Gasteiger charge is -2.36. The van der Waals surface area contributed by atoms with Crippen LogP contribution in [-0.4, -0.2) is 29.2 Å². The summed E-state index contributed by atoms with van der Waals surface area (Å²) in [6, 6.07) is 9.26. The van der Waals surface area contributed by atoms with Crippen molar-refractivity contribution in [3.8, 4) is 6.07 Å². The monoisotopic (exact) mass is 304 g/mol. The fourth-order valence-corrected chi connectivity index (χ4v) is 3.93. The lowest BCUT2D eigenvalue weighted by molar-refractivity contribution is 0.172. The number of nitrogens with zero attached hydrogens (tertiary/aromatic N) is 1. The quantitative estimate of drug-likeness (QED) is 0.847. The Morgan fingerprint density at radius 2 is 1.95 bits per heavy atom. The van der Waals surface area contributed by atoms with Gasteiger partial charge < -0.3 is 10.4 Å². The van der Waals surface area contributed by atoms with Crippen LogP contribution in [0.2, 0.25) is 0 Å². The molecule has 1 unspecified atom stereocenters. The Balaban J connectivity index is 1.82. The van der Waals surface area contributed by atoms with Crippen molar-refractivity contribution in [1.82, 2.24) is 5.32 Å². The molecule has 1 aliphatic carbocycles. The molecule has 0 bridgehead atoms. The Morgan fingerprint density at radius 1 is 1.29 bits per heavy atom. The first-order valence-electron chi connectivity index (χ1n) is 7.63. The van der Waals surface area contributed by atoms with Gasteiger partial charge in [0.15, 0.2) is 0 Å². The molecule has 3 nitrogen and oxygen atoms in total. The molecule has 1 aliphatic rings. The molecular formula is C17H24N2OS. The Bertz CT molecular complexity index is 475. The number of hydrogen-bond acceptors (Lipinski definition) is 4. The molecule has 4 heteroatoms. The van der Waals surface area contributed by atoms with Crippen LogP contribution in [0.25, 0.3) is 0 Å². The molecular weight excluding hydrogens is 280 g/mol. The lowest BCUT2D eigenvalue weighted by atomic mass is 9.88. The molecule has 1 aromatic rings. The van der Waals surface area contributed by atoms with E-state index in [1.807, 2.05) is 23.9 Å². The fraction of sp³-hybridized carbons (Fsp3) is 0.588. The largest absolute Gasteiger partial charge is 0.387 e. The molecule has 0 aromatic heterocycles. The van der Waals surface area contributed by atoms with Gasteiger partial charge in [0, 0.05) is 17.8 Å². The summed E-state index contributed by atoms with van der Waals surface area (Å²) < 4.78 is 0.350. The van der Waals surface area contributed by atoms with Gasteiger partial charge in [-0.25, -0.2) is 0 Å². The number of aliphatic hydroxyl groups is 1. The van der Waals surface area contributed by atoms with Gasteiger partial charge >= 0.3 is 0 Å². The average Bonchev–Trinajstić information content (AvgIpc) is 2.55. The zero-order chi connectivity index (χ0) is 15.1. The molecule has 0 aliphatic heterocycles. The van der Waals surface area contributed by atoms with Gasteiger partial charge in [0.05, 0.1) is 17.7 Å². The van der Waals surface area contributed by atoms with Crippen LogP contribution < -0.4 is 5.32 Å². The van der Waals surface area contributed by atoms with E-state index >= 15 is 0 Å². The smallest absolute Gasteiger partial charge is 0.0991 e. The minimum atomic E-state index is -0.514. The molecule has 1 aromatic carbocycles. The van der Waals surface area contributed by atoms with Gasteiger partial charge in [-0.3, -0.25) is 0 Å². The molecule has 0 saturated heterocycles. The van der Waals surface area contributed by atoms with Crippen LogP contribution in [0.1, 0.15) is 49.3 Å². The van der Waals surface area contributed by atoms with Gasteiger partial charge in [-0.05, 0) is 36.8 Å². The van der Waals surface area contributed by atoms with Crippen molar-refractivity contribution >= 4 is 11.8 Å². The van der Waals surface area contributed by atoms with Crippen LogP contribution in [0.5, 0.6) is 0 Å². The van der Waals surface area contributed by atoms with E-state index < -0.39 is 6.10 Å². The van der Waals surface area contributed by atoms with E-state index in [-0.39, 0.29) is 0 Å². The predicted octanol–water partition coefficient (Wildman–Crippen LogP) is 3.25. The van der Waals surface area contributed by atoms with Crippen molar-refractivity contribution in [3.05, 3.63) is 35.4 Å². The summed E-state index contributed by atoms with van der Waals surface area (Å²) in [6.45, 7) is 1.52. The first-order valence-corrected chi connectivity index (χ1v) is 8.85. The summed E-state index contributed by atoms with van der Waals surface area (Å²) >= 11 is 1.97. The molecule has 21 heavy (non-hydrogen) atoms. The average molecular weight is 304 g/mol. The molecule has 0 spiro atoms. The number of benzene rings is 1. The van der Waals surface area contributed by atoms with E-state index in [9.17, 15) is 5.11 Å². The Morgan fingerprint density at radius 3 is 2.52 bits per heavy atom. The van der Waals surface area contributed by atoms with E-state index in [0.717, 1.165) is 12.1 Å². The normalized spacial score (nSPS) is 18.9. The second kappa shape index (κ2) is 7.84. The van der Waals surface area contributed by atoms with Crippen molar-refractivity contribution in [2.75, 3.05) is 19.3 Å². The Kier molecular flexibility index (Phi) is 6.10. The third-order valence-electron chi connectivity index (χ3n) is 4.41. The molecule has 2 rings (SSSR count). The molecule has 0 radical (unpaired) electrons. The molecule has 1 atom stereocenters. The van der Waals surface area contributed by atoms with Crippen LogP contribution in [0.15, 0.2) is 24.3 Å². The SMILES string of the molecule is CSC1(CNCC(O)c2ccc(C#N)cc2)CCCCC1. The summed E-state index contributed by atoms with van der Waals surface area (Å²) in [4.78, 5) is 0. The number of nitrogens with one attached hydrogen (secondary N) is 1. The predicted molar refractivity (Wildman–Crippen MR) is 88.3 cm³/mol. The maximum Gasteiger partial charge on any atom is 0.0991 e. The van der Waals surface area contributed by atoms with Crippen molar-refractivity contribution in [2.45, 2.75) is 43.0 Å². The van der Waals surface area contributed by atoms with E-state index in [1.54, 1.807) is 12.1 Å². The maximum absolute atomic E-state index is 10.2. The summed E-state index contributed by atoms with van der Waals surface area (Å²) in [6.07, 6.45) is 8.23. The van der Waals surface area contributed by atoms with Crippen LogP contribution in [0.4, 0.5) is 0 Å². The number of thioether (sulfide) groups is 1. The van der Waals surface area contributed by atoms with E-state index in [1.165, 1.54) is 32.1 Å². The minimum absolute atomic E-state index is 0.350. The summed E-state index contributed by atoms with van der Waals surface area (Å²) in [5, 5.41) is 22.4. The highest BCUT2D eigenvalue weighted by atomic mass is 32.2. The highest BCUT2D eigenvalue weighted by molar-refractivity contribution is 8.00. The van der Waals surface area contributed by atoms with Crippen LogP contribution in [-0.2, 0) is 0 Å². The number of nitriles is 1. The van der Waals surface area contributed by atoms with E-state index in [2.05, 4.69) is 17.6 Å². The third-order valence-corrected chi connectivity index (χ3v) is 5.83. The van der Waals surface area contributed by atoms with Gasteiger partial charge in [-0.1, -0.05) is 31.4 Å². The molecule has 114 valence electrons. The van der Waals surface area contributed by atoms with Gasteiger partial charge in [0.1, 0.15) is 0 Å². The molecule has 0 heterocycles. The van der Waals surface area contributed by atoms with Gasteiger partial charge in [0.25, 0.3) is 0 Å². The number of hydrogen-bond donors (Lipinski definition) is 2. The molecule has 2 N–H and O–H groups in total. The zero-order valence-electron chi connectivity index (χ0n) is 12.6. The van der Waals surface area contributed by atoms with E-state index in [4.69, 9.17) is 5.26 Å². The second-order valence-electron chi connectivity index (χ2n) is 5.83. The van der Waals surface area contributed by atoms with Crippen molar-refractivity contribution in [3.63, 3.8) is 0 Å². The van der Waals surface area contributed by atoms with Gasteiger partial charge in [-0.15, -0.1) is 0 Å². The highest BCUT2D eigenvalue weighted by Gasteiger charge is 2.30. The highest BCUT2D eigenvalue weighted by Crippen LogP contribution is 2.37. The standard InChI is InChI=1S/C17H24N2OS/c1-21-17(9-3-2-4-10-17)13-19-12-16(20)15-7-5-14(11-18)6-8-15/h5-8,16,19-20H,2-4,9-10,12-13H2,1H3. The fourth-order valence-electron chi connectivity index (χ4n) is 2.98. The Hall–Kier alpha value is -1.02. The van der Waals surface area contributed by atoms with Crippen molar-refractivity contribution in [1.29, 1.82) is 5.26 Å². The number of aliphatic hydroxyl groups excluding tert-OH is 1. The summed E-state index contributed by atoms with van der Waals surface area (Å²) in [7, 11) is 0. The van der Waals surface area contributed by atoms with Crippen LogP contribution in [0, 0.1) is 11.3 Å². The Labute approximate surface area is 131 Å². The van der Waals surface area contributed by atoms with Crippen molar-refractivity contribution < 1.29 is 5.11 Å². The van der Waals surface area contributed by atoms with E-state index in [0.29, 0.717) is 16.9 Å². The van der Waals surface area contributed by atoms with Gasteiger partial charge in [-0.2, -0.15) is 17.0 Å². The first kappa shape index (κ1) is 16.4. The lowest BCUT2D eigenvalue weighted by Crippen LogP contribution is -2.40. The van der Waals surface area contributed by atoms with Crippen LogP contribution >= 0.6 is 11.8 Å².